The second-order valence-electron chi connectivity index (χ2n) is 7.93. The van der Waals surface area contributed by atoms with Gasteiger partial charge in [-0.1, -0.05) is 12.1 Å². The Balaban J connectivity index is 1.73. The lowest BCUT2D eigenvalue weighted by Gasteiger charge is -2.30. The van der Waals surface area contributed by atoms with Crippen LogP contribution >= 0.6 is 0 Å². The predicted octanol–water partition coefficient (Wildman–Crippen LogP) is 5.15. The van der Waals surface area contributed by atoms with E-state index in [1.807, 2.05) is 50.2 Å². The SMILES string of the molecule is COc1ccc2c(c1)c(N)c(-c1ccc(NC(=O)NC(C)C)cc1)n2C1CCC1. The number of rotatable bonds is 5. The topological polar surface area (TPSA) is 81.3 Å². The Kier molecular flexibility index (Phi) is 5.09. The van der Waals surface area contributed by atoms with Crippen molar-refractivity contribution in [1.29, 1.82) is 0 Å². The van der Waals surface area contributed by atoms with Gasteiger partial charge in [0.1, 0.15) is 5.75 Å². The Morgan fingerprint density at radius 1 is 1.17 bits per heavy atom. The van der Waals surface area contributed by atoms with Crippen LogP contribution in [0.25, 0.3) is 22.2 Å². The molecular weight excluding hydrogens is 364 g/mol. The van der Waals surface area contributed by atoms with E-state index in [2.05, 4.69) is 21.3 Å². The number of methoxy groups -OCH3 is 1. The highest BCUT2D eigenvalue weighted by Gasteiger charge is 2.27. The van der Waals surface area contributed by atoms with Gasteiger partial charge >= 0.3 is 6.03 Å². The third kappa shape index (κ3) is 3.62. The van der Waals surface area contributed by atoms with Crippen molar-refractivity contribution in [3.05, 3.63) is 42.5 Å². The number of anilines is 2. The fraction of sp³-hybridized carbons (Fsp3) is 0.348. The van der Waals surface area contributed by atoms with E-state index in [9.17, 15) is 4.79 Å². The fourth-order valence-corrected chi connectivity index (χ4v) is 3.91. The summed E-state index contributed by atoms with van der Waals surface area (Å²) >= 11 is 0. The van der Waals surface area contributed by atoms with Crippen molar-refractivity contribution in [1.82, 2.24) is 9.88 Å². The molecule has 0 unspecified atom stereocenters. The summed E-state index contributed by atoms with van der Waals surface area (Å²) in [7, 11) is 1.67. The second-order valence-corrected chi connectivity index (χ2v) is 7.93. The molecule has 4 rings (SSSR count). The monoisotopic (exact) mass is 392 g/mol. The van der Waals surface area contributed by atoms with Crippen molar-refractivity contribution in [3.8, 4) is 17.0 Å². The number of amides is 2. The number of aromatic nitrogens is 1. The summed E-state index contributed by atoms with van der Waals surface area (Å²) in [6.45, 7) is 3.86. The number of ether oxygens (including phenoxy) is 1. The predicted molar refractivity (Wildman–Crippen MR) is 119 cm³/mol. The van der Waals surface area contributed by atoms with Gasteiger partial charge in [-0.3, -0.25) is 0 Å². The maximum Gasteiger partial charge on any atom is 0.319 e. The number of benzene rings is 2. The first-order chi connectivity index (χ1) is 14.0. The molecule has 6 nitrogen and oxygen atoms in total. The van der Waals surface area contributed by atoms with Gasteiger partial charge in [0.05, 0.1) is 24.0 Å². The third-order valence-corrected chi connectivity index (χ3v) is 5.53. The van der Waals surface area contributed by atoms with Crippen molar-refractivity contribution in [2.75, 3.05) is 18.2 Å². The lowest BCUT2D eigenvalue weighted by Crippen LogP contribution is -2.34. The zero-order valence-electron chi connectivity index (χ0n) is 17.2. The lowest BCUT2D eigenvalue weighted by molar-refractivity contribution is 0.250. The highest BCUT2D eigenvalue weighted by molar-refractivity contribution is 6.02. The van der Waals surface area contributed by atoms with E-state index in [1.54, 1.807) is 7.11 Å². The zero-order chi connectivity index (χ0) is 20.5. The van der Waals surface area contributed by atoms with Gasteiger partial charge < -0.3 is 25.7 Å². The second kappa shape index (κ2) is 7.70. The maximum atomic E-state index is 11.9. The van der Waals surface area contributed by atoms with E-state index in [0.29, 0.717) is 6.04 Å². The quantitative estimate of drug-likeness (QED) is 0.561. The fourth-order valence-electron chi connectivity index (χ4n) is 3.91. The molecule has 4 N–H and O–H groups in total. The normalized spacial score (nSPS) is 14.1. The number of nitrogen functional groups attached to an aromatic ring is 1. The zero-order valence-corrected chi connectivity index (χ0v) is 17.2. The lowest BCUT2D eigenvalue weighted by atomic mass is 9.92. The van der Waals surface area contributed by atoms with E-state index in [-0.39, 0.29) is 12.1 Å². The highest BCUT2D eigenvalue weighted by Crippen LogP contribution is 2.44. The molecule has 2 amide bonds. The molecule has 1 heterocycles. The number of hydrogen-bond acceptors (Lipinski definition) is 3. The summed E-state index contributed by atoms with van der Waals surface area (Å²) in [5, 5.41) is 6.71. The standard InChI is InChI=1S/C23H28N4O2/c1-14(2)25-23(28)26-16-9-7-15(8-10-16)22-21(24)19-13-18(29-3)11-12-20(19)27(22)17-5-4-6-17/h7-14,17H,4-6,24H2,1-3H3,(H2,25,26,28). The molecular formula is C23H28N4O2. The van der Waals surface area contributed by atoms with Crippen LogP contribution in [0.1, 0.15) is 39.2 Å². The summed E-state index contributed by atoms with van der Waals surface area (Å²) in [6, 6.07) is 14.3. The Hall–Kier alpha value is -3.15. The summed E-state index contributed by atoms with van der Waals surface area (Å²) in [6.07, 6.45) is 3.57. The number of fused-ring (bicyclic) bond motifs is 1. The van der Waals surface area contributed by atoms with Crippen LogP contribution in [0.4, 0.5) is 16.2 Å². The molecule has 0 aliphatic heterocycles. The minimum Gasteiger partial charge on any atom is -0.497 e. The van der Waals surface area contributed by atoms with Crippen LogP contribution in [0.2, 0.25) is 0 Å². The molecule has 1 saturated carbocycles. The van der Waals surface area contributed by atoms with Gasteiger partial charge in [-0.05, 0) is 63.4 Å². The molecule has 1 fully saturated rings. The molecule has 1 aliphatic rings. The van der Waals surface area contributed by atoms with Crippen LogP contribution in [0.3, 0.4) is 0 Å². The van der Waals surface area contributed by atoms with E-state index < -0.39 is 0 Å². The summed E-state index contributed by atoms with van der Waals surface area (Å²) in [5.74, 6) is 0.803. The van der Waals surface area contributed by atoms with Crippen molar-refractivity contribution in [3.63, 3.8) is 0 Å². The molecule has 6 heteroatoms. The van der Waals surface area contributed by atoms with Crippen LogP contribution in [0.15, 0.2) is 42.5 Å². The van der Waals surface area contributed by atoms with Gasteiger partial charge in [0.25, 0.3) is 0 Å². The van der Waals surface area contributed by atoms with Crippen molar-refractivity contribution < 1.29 is 9.53 Å². The van der Waals surface area contributed by atoms with Crippen LogP contribution in [-0.2, 0) is 0 Å². The number of carbonyl (C=O) groups excluding carboxylic acids is 1. The molecule has 29 heavy (non-hydrogen) atoms. The van der Waals surface area contributed by atoms with Crippen LogP contribution in [0.5, 0.6) is 5.75 Å². The molecule has 0 bridgehead atoms. The number of urea groups is 1. The summed E-state index contributed by atoms with van der Waals surface area (Å²) < 4.78 is 7.78. The minimum absolute atomic E-state index is 0.0873. The first-order valence-electron chi connectivity index (χ1n) is 10.1. The number of nitrogens with zero attached hydrogens (tertiary/aromatic N) is 1. The van der Waals surface area contributed by atoms with Crippen molar-refractivity contribution in [2.45, 2.75) is 45.2 Å². The number of nitrogens with one attached hydrogen (secondary N) is 2. The van der Waals surface area contributed by atoms with Gasteiger partial charge in [-0.15, -0.1) is 0 Å². The Labute approximate surface area is 171 Å². The molecule has 152 valence electrons. The van der Waals surface area contributed by atoms with Gasteiger partial charge in [0, 0.05) is 28.7 Å². The Morgan fingerprint density at radius 2 is 1.90 bits per heavy atom. The summed E-state index contributed by atoms with van der Waals surface area (Å²) in [4.78, 5) is 11.9. The number of nitrogens with two attached hydrogens (primary N) is 1. The van der Waals surface area contributed by atoms with Crippen LogP contribution in [0, 0.1) is 0 Å². The van der Waals surface area contributed by atoms with Gasteiger partial charge in [-0.2, -0.15) is 0 Å². The summed E-state index contributed by atoms with van der Waals surface area (Å²) in [5.41, 5.74) is 11.4. The first-order valence-corrected chi connectivity index (χ1v) is 10.1. The Morgan fingerprint density at radius 3 is 2.48 bits per heavy atom. The smallest absolute Gasteiger partial charge is 0.319 e. The maximum absolute atomic E-state index is 11.9. The van der Waals surface area contributed by atoms with E-state index >= 15 is 0 Å². The highest BCUT2D eigenvalue weighted by atomic mass is 16.5. The van der Waals surface area contributed by atoms with Gasteiger partial charge in [0.2, 0.25) is 0 Å². The largest absolute Gasteiger partial charge is 0.497 e. The molecule has 0 radical (unpaired) electrons. The molecule has 0 spiro atoms. The average molecular weight is 393 g/mol. The minimum atomic E-state index is -0.206. The van der Waals surface area contributed by atoms with Gasteiger partial charge in [0.15, 0.2) is 0 Å². The van der Waals surface area contributed by atoms with E-state index in [0.717, 1.165) is 52.1 Å². The number of carbonyl (C=O) groups is 1. The van der Waals surface area contributed by atoms with Crippen molar-refractivity contribution >= 4 is 28.3 Å². The molecule has 0 atom stereocenters. The number of hydrogen-bond donors (Lipinski definition) is 3. The molecule has 1 aliphatic carbocycles. The van der Waals surface area contributed by atoms with Crippen molar-refractivity contribution in [2.24, 2.45) is 0 Å². The van der Waals surface area contributed by atoms with Crippen LogP contribution in [-0.4, -0.2) is 23.7 Å². The van der Waals surface area contributed by atoms with Gasteiger partial charge in [-0.25, -0.2) is 4.79 Å². The van der Waals surface area contributed by atoms with E-state index in [4.69, 9.17) is 10.5 Å². The third-order valence-electron chi connectivity index (χ3n) is 5.53. The molecule has 3 aromatic rings. The van der Waals surface area contributed by atoms with E-state index in [1.165, 1.54) is 6.42 Å². The van der Waals surface area contributed by atoms with Crippen LogP contribution < -0.4 is 21.1 Å². The molecule has 2 aromatic carbocycles. The molecule has 0 saturated heterocycles. The Bertz CT molecular complexity index is 1030. The first kappa shape index (κ1) is 19.2. The molecule has 1 aromatic heterocycles. The average Bonchev–Trinajstić information content (AvgIpc) is 2.92.